The molecule has 0 bridgehead atoms. The van der Waals surface area contributed by atoms with Crippen LogP contribution in [0.5, 0.6) is 0 Å². The lowest BCUT2D eigenvalue weighted by Crippen LogP contribution is -2.61. The number of pyridine rings is 1. The minimum absolute atomic E-state index is 0.330. The van der Waals surface area contributed by atoms with Gasteiger partial charge in [0.1, 0.15) is 11.4 Å². The maximum atomic E-state index is 13.0. The van der Waals surface area contributed by atoms with E-state index in [1.54, 1.807) is 24.4 Å². The second-order valence-corrected chi connectivity index (χ2v) is 5.72. The molecule has 5 nitrogen and oxygen atoms in total. The van der Waals surface area contributed by atoms with Gasteiger partial charge in [-0.3, -0.25) is 14.6 Å². The molecule has 118 valence electrons. The molecule has 0 radical (unpaired) electrons. The van der Waals surface area contributed by atoms with Gasteiger partial charge in [0.05, 0.1) is 5.56 Å². The predicted octanol–water partition coefficient (Wildman–Crippen LogP) is 2.03. The van der Waals surface area contributed by atoms with Crippen molar-refractivity contribution in [1.29, 1.82) is 0 Å². The van der Waals surface area contributed by atoms with E-state index < -0.39 is 11.4 Å². The smallest absolute Gasteiger partial charge is 0.253 e. The summed E-state index contributed by atoms with van der Waals surface area (Å²) in [4.78, 5) is 28.0. The second kappa shape index (κ2) is 5.79. The van der Waals surface area contributed by atoms with Gasteiger partial charge in [-0.05, 0) is 43.0 Å². The van der Waals surface area contributed by atoms with Crippen LogP contribution in [-0.2, 0) is 4.79 Å². The molecule has 1 aliphatic carbocycles. The first kappa shape index (κ1) is 15.1. The Labute approximate surface area is 132 Å². The summed E-state index contributed by atoms with van der Waals surface area (Å²) in [6.07, 6.45) is 4.99. The molecule has 1 aliphatic rings. The molecule has 3 N–H and O–H groups in total. The number of carbonyl (C=O) groups excluding carboxylic acids is 2. The average molecular weight is 313 g/mol. The molecular weight excluding hydrogens is 297 g/mol. The fourth-order valence-electron chi connectivity index (χ4n) is 2.62. The molecule has 2 amide bonds. The number of amides is 2. The van der Waals surface area contributed by atoms with E-state index in [-0.39, 0.29) is 11.7 Å². The molecular formula is C17H16FN3O2. The van der Waals surface area contributed by atoms with Crippen LogP contribution in [0, 0.1) is 5.82 Å². The molecule has 0 spiro atoms. The Kier molecular flexibility index (Phi) is 3.82. The molecule has 23 heavy (non-hydrogen) atoms. The van der Waals surface area contributed by atoms with Gasteiger partial charge in [0.25, 0.3) is 5.91 Å². The van der Waals surface area contributed by atoms with Gasteiger partial charge in [-0.1, -0.05) is 12.1 Å². The van der Waals surface area contributed by atoms with Crippen molar-refractivity contribution in [3.05, 3.63) is 54.1 Å². The van der Waals surface area contributed by atoms with Gasteiger partial charge in [0.2, 0.25) is 5.91 Å². The number of hydrogen-bond donors (Lipinski definition) is 2. The van der Waals surface area contributed by atoms with Crippen molar-refractivity contribution in [2.45, 2.75) is 24.8 Å². The van der Waals surface area contributed by atoms with Gasteiger partial charge in [0, 0.05) is 18.0 Å². The lowest BCUT2D eigenvalue weighted by molar-refractivity contribution is -0.127. The number of nitrogens with one attached hydrogen (secondary N) is 1. The maximum Gasteiger partial charge on any atom is 0.253 e. The number of halogens is 1. The number of rotatable bonds is 4. The molecule has 1 aromatic heterocycles. The van der Waals surface area contributed by atoms with E-state index in [0.717, 1.165) is 12.0 Å². The number of benzene rings is 1. The first-order chi connectivity index (χ1) is 11.0. The van der Waals surface area contributed by atoms with Gasteiger partial charge in [-0.25, -0.2) is 4.39 Å². The molecule has 0 atom stereocenters. The summed E-state index contributed by atoms with van der Waals surface area (Å²) in [5.74, 6) is -1.23. The lowest BCUT2D eigenvalue weighted by Gasteiger charge is -2.39. The van der Waals surface area contributed by atoms with Crippen molar-refractivity contribution in [1.82, 2.24) is 10.3 Å². The Morgan fingerprint density at radius 3 is 2.39 bits per heavy atom. The van der Waals surface area contributed by atoms with Gasteiger partial charge in [0.15, 0.2) is 0 Å². The average Bonchev–Trinajstić information content (AvgIpc) is 2.51. The van der Waals surface area contributed by atoms with E-state index in [2.05, 4.69) is 10.3 Å². The van der Waals surface area contributed by atoms with E-state index in [0.29, 0.717) is 24.0 Å². The van der Waals surface area contributed by atoms with Crippen molar-refractivity contribution in [2.75, 3.05) is 0 Å². The SMILES string of the molecule is NC(=O)C1(NC(=O)c2cncc(-c3ccc(F)cc3)c2)CCC1. The largest absolute Gasteiger partial charge is 0.368 e. The number of hydrogen-bond acceptors (Lipinski definition) is 3. The minimum Gasteiger partial charge on any atom is -0.368 e. The normalized spacial score (nSPS) is 15.5. The van der Waals surface area contributed by atoms with Crippen molar-refractivity contribution in [3.63, 3.8) is 0 Å². The summed E-state index contributed by atoms with van der Waals surface area (Å²) in [5, 5.41) is 2.72. The summed E-state index contributed by atoms with van der Waals surface area (Å²) < 4.78 is 13.0. The Balaban J connectivity index is 1.83. The fourth-order valence-corrected chi connectivity index (χ4v) is 2.62. The van der Waals surface area contributed by atoms with Crippen LogP contribution in [0.1, 0.15) is 29.6 Å². The summed E-state index contributed by atoms with van der Waals surface area (Å²) >= 11 is 0. The van der Waals surface area contributed by atoms with Crippen molar-refractivity contribution < 1.29 is 14.0 Å². The molecule has 3 rings (SSSR count). The molecule has 1 fully saturated rings. The zero-order valence-corrected chi connectivity index (χ0v) is 12.4. The summed E-state index contributed by atoms with van der Waals surface area (Å²) in [5.41, 5.74) is 6.23. The topological polar surface area (TPSA) is 85.1 Å². The van der Waals surface area contributed by atoms with Crippen LogP contribution in [0.3, 0.4) is 0 Å². The highest BCUT2D eigenvalue weighted by Crippen LogP contribution is 2.32. The number of nitrogens with zero attached hydrogens (tertiary/aromatic N) is 1. The molecule has 0 aliphatic heterocycles. The highest BCUT2D eigenvalue weighted by atomic mass is 19.1. The third-order valence-corrected chi connectivity index (χ3v) is 4.21. The van der Waals surface area contributed by atoms with Crippen molar-refractivity contribution >= 4 is 11.8 Å². The van der Waals surface area contributed by atoms with E-state index in [1.165, 1.54) is 18.3 Å². The number of nitrogens with two attached hydrogens (primary N) is 1. The molecule has 1 aromatic carbocycles. The Hall–Kier alpha value is -2.76. The van der Waals surface area contributed by atoms with Crippen molar-refractivity contribution in [2.24, 2.45) is 5.73 Å². The quantitative estimate of drug-likeness (QED) is 0.905. The Bertz CT molecular complexity index is 755. The number of aromatic nitrogens is 1. The predicted molar refractivity (Wildman–Crippen MR) is 82.9 cm³/mol. The van der Waals surface area contributed by atoms with Crippen LogP contribution in [-0.4, -0.2) is 22.3 Å². The highest BCUT2D eigenvalue weighted by molar-refractivity contribution is 5.99. The van der Waals surface area contributed by atoms with Gasteiger partial charge in [-0.15, -0.1) is 0 Å². The van der Waals surface area contributed by atoms with Crippen molar-refractivity contribution in [3.8, 4) is 11.1 Å². The molecule has 6 heteroatoms. The fraction of sp³-hybridized carbons (Fsp3) is 0.235. The van der Waals surface area contributed by atoms with Gasteiger partial charge in [-0.2, -0.15) is 0 Å². The zero-order chi connectivity index (χ0) is 16.4. The molecule has 0 unspecified atom stereocenters. The second-order valence-electron chi connectivity index (χ2n) is 5.72. The van der Waals surface area contributed by atoms with E-state index >= 15 is 0 Å². The molecule has 1 heterocycles. The summed E-state index contributed by atoms with van der Waals surface area (Å²) in [6.45, 7) is 0. The van der Waals surface area contributed by atoms with Crippen LogP contribution in [0.15, 0.2) is 42.7 Å². The van der Waals surface area contributed by atoms with Crippen LogP contribution >= 0.6 is 0 Å². The van der Waals surface area contributed by atoms with Crippen LogP contribution in [0.2, 0.25) is 0 Å². The zero-order valence-electron chi connectivity index (χ0n) is 12.4. The number of primary amides is 1. The highest BCUT2D eigenvalue weighted by Gasteiger charge is 2.44. The standard InChI is InChI=1S/C17H16FN3O2/c18-14-4-2-11(3-5-14)12-8-13(10-20-9-12)15(22)21-17(16(19)23)6-1-7-17/h2-5,8-10H,1,6-7H2,(H2,19,23)(H,21,22). The van der Waals surface area contributed by atoms with Crippen LogP contribution < -0.4 is 11.1 Å². The van der Waals surface area contributed by atoms with Gasteiger partial charge >= 0.3 is 0 Å². The third kappa shape index (κ3) is 2.92. The molecule has 2 aromatic rings. The van der Waals surface area contributed by atoms with E-state index in [4.69, 9.17) is 5.73 Å². The van der Waals surface area contributed by atoms with E-state index in [9.17, 15) is 14.0 Å². The molecule has 0 saturated heterocycles. The van der Waals surface area contributed by atoms with Crippen LogP contribution in [0.4, 0.5) is 4.39 Å². The maximum absolute atomic E-state index is 13.0. The van der Waals surface area contributed by atoms with E-state index in [1.807, 2.05) is 0 Å². The molecule has 1 saturated carbocycles. The van der Waals surface area contributed by atoms with Gasteiger partial charge < -0.3 is 11.1 Å². The Morgan fingerprint density at radius 1 is 1.13 bits per heavy atom. The monoisotopic (exact) mass is 313 g/mol. The summed E-state index contributed by atoms with van der Waals surface area (Å²) in [7, 11) is 0. The van der Waals surface area contributed by atoms with Crippen LogP contribution in [0.25, 0.3) is 11.1 Å². The first-order valence-corrected chi connectivity index (χ1v) is 7.34. The first-order valence-electron chi connectivity index (χ1n) is 7.34. The lowest BCUT2D eigenvalue weighted by atomic mass is 9.76. The Morgan fingerprint density at radius 2 is 1.83 bits per heavy atom. The number of carbonyl (C=O) groups is 2. The third-order valence-electron chi connectivity index (χ3n) is 4.21. The minimum atomic E-state index is -0.942. The summed E-state index contributed by atoms with van der Waals surface area (Å²) in [6, 6.07) is 7.58.